The first-order chi connectivity index (χ1) is 9.58. The number of hydrogen-bond donors (Lipinski definition) is 1. The van der Waals surface area contributed by atoms with Crippen molar-refractivity contribution >= 4 is 5.97 Å². The van der Waals surface area contributed by atoms with Crippen molar-refractivity contribution in [3.8, 4) is 5.75 Å². The first kappa shape index (κ1) is 14.7. The molecule has 1 unspecified atom stereocenters. The molecule has 1 atom stereocenters. The molecule has 1 aliphatic heterocycles. The van der Waals surface area contributed by atoms with Crippen LogP contribution in [0.2, 0.25) is 0 Å². The summed E-state index contributed by atoms with van der Waals surface area (Å²) in [5.41, 5.74) is 0.511. The average molecular weight is 285 g/mol. The van der Waals surface area contributed by atoms with Crippen molar-refractivity contribution in [3.63, 3.8) is 0 Å². The van der Waals surface area contributed by atoms with Crippen molar-refractivity contribution in [1.29, 1.82) is 0 Å². The first-order valence-electron chi connectivity index (χ1n) is 6.57. The van der Waals surface area contributed by atoms with Gasteiger partial charge in [-0.25, -0.2) is 0 Å². The minimum absolute atomic E-state index is 0.0562. The van der Waals surface area contributed by atoms with E-state index in [2.05, 4.69) is 4.74 Å². The quantitative estimate of drug-likeness (QED) is 0.873. The van der Waals surface area contributed by atoms with E-state index in [4.69, 9.17) is 5.11 Å². The van der Waals surface area contributed by atoms with E-state index in [1.54, 1.807) is 18.2 Å². The normalized spacial score (nSPS) is 17.4. The van der Waals surface area contributed by atoms with E-state index in [0.717, 1.165) is 25.9 Å². The molecule has 1 aromatic rings. The molecule has 1 heterocycles. The van der Waals surface area contributed by atoms with E-state index in [9.17, 15) is 13.6 Å². The summed E-state index contributed by atoms with van der Waals surface area (Å²) in [6.45, 7) is -1.36. The fraction of sp³-hybridized carbons (Fsp3) is 0.500. The molecule has 110 valence electrons. The molecular formula is C14H17F2NO3. The second-order valence-corrected chi connectivity index (χ2v) is 4.77. The summed E-state index contributed by atoms with van der Waals surface area (Å²) in [7, 11) is 0. The highest BCUT2D eigenvalue weighted by molar-refractivity contribution is 5.68. The summed E-state index contributed by atoms with van der Waals surface area (Å²) in [6.07, 6.45) is 1.87. The summed E-state index contributed by atoms with van der Waals surface area (Å²) in [5, 5.41) is 9.06. The van der Waals surface area contributed by atoms with Gasteiger partial charge in [-0.3, -0.25) is 9.69 Å². The largest absolute Gasteiger partial charge is 0.481 e. The van der Waals surface area contributed by atoms with Crippen LogP contribution in [0.5, 0.6) is 5.75 Å². The Morgan fingerprint density at radius 1 is 1.30 bits per heavy atom. The maximum Gasteiger partial charge on any atom is 0.387 e. The van der Waals surface area contributed by atoms with Crippen LogP contribution in [0, 0.1) is 0 Å². The number of benzene rings is 1. The zero-order valence-electron chi connectivity index (χ0n) is 11.0. The van der Waals surface area contributed by atoms with Gasteiger partial charge in [0.05, 0.1) is 6.42 Å². The summed E-state index contributed by atoms with van der Waals surface area (Å²) >= 11 is 0. The molecule has 0 spiro atoms. The van der Waals surface area contributed by atoms with Crippen molar-refractivity contribution in [2.24, 2.45) is 0 Å². The van der Waals surface area contributed by atoms with Crippen LogP contribution in [-0.4, -0.2) is 35.7 Å². The number of carboxylic acids is 1. The number of ether oxygens (including phenoxy) is 1. The summed E-state index contributed by atoms with van der Waals surface area (Å²) in [4.78, 5) is 13.1. The molecule has 1 N–H and O–H groups in total. The van der Waals surface area contributed by atoms with Crippen molar-refractivity contribution in [2.45, 2.75) is 31.9 Å². The maximum atomic E-state index is 12.5. The van der Waals surface area contributed by atoms with Gasteiger partial charge >= 0.3 is 12.6 Å². The van der Waals surface area contributed by atoms with E-state index < -0.39 is 18.6 Å². The Labute approximate surface area is 116 Å². The Balaban J connectivity index is 2.29. The zero-order chi connectivity index (χ0) is 14.5. The Morgan fingerprint density at radius 3 is 2.55 bits per heavy atom. The van der Waals surface area contributed by atoms with Crippen molar-refractivity contribution in [2.75, 3.05) is 13.1 Å². The van der Waals surface area contributed by atoms with Gasteiger partial charge in [-0.2, -0.15) is 8.78 Å². The van der Waals surface area contributed by atoms with Crippen LogP contribution in [0.25, 0.3) is 0 Å². The topological polar surface area (TPSA) is 49.8 Å². The lowest BCUT2D eigenvalue weighted by Gasteiger charge is -2.28. The highest BCUT2D eigenvalue weighted by Crippen LogP contribution is 2.34. The Kier molecular flexibility index (Phi) is 4.89. The predicted octanol–water partition coefficient (Wildman–Crippen LogP) is 2.90. The molecule has 20 heavy (non-hydrogen) atoms. The lowest BCUT2D eigenvalue weighted by molar-refractivity contribution is -0.138. The molecule has 0 aromatic heterocycles. The number of nitrogens with zero attached hydrogens (tertiary/aromatic N) is 1. The summed E-state index contributed by atoms with van der Waals surface area (Å²) < 4.78 is 29.4. The van der Waals surface area contributed by atoms with Crippen molar-refractivity contribution in [3.05, 3.63) is 29.8 Å². The average Bonchev–Trinajstić information content (AvgIpc) is 2.89. The molecule has 2 rings (SSSR count). The van der Waals surface area contributed by atoms with Gasteiger partial charge in [0, 0.05) is 11.6 Å². The van der Waals surface area contributed by atoms with Crippen LogP contribution in [0.3, 0.4) is 0 Å². The van der Waals surface area contributed by atoms with E-state index in [-0.39, 0.29) is 12.2 Å². The Hall–Kier alpha value is -1.69. The van der Waals surface area contributed by atoms with Gasteiger partial charge in [-0.05, 0) is 32.0 Å². The number of carboxylic acid groups (broad SMARTS) is 1. The summed E-state index contributed by atoms with van der Waals surface area (Å²) in [6, 6.07) is 5.99. The van der Waals surface area contributed by atoms with Gasteiger partial charge in [-0.1, -0.05) is 18.2 Å². The van der Waals surface area contributed by atoms with Gasteiger partial charge in [0.2, 0.25) is 0 Å². The zero-order valence-corrected chi connectivity index (χ0v) is 11.0. The molecule has 0 radical (unpaired) electrons. The number of alkyl halides is 2. The highest BCUT2D eigenvalue weighted by atomic mass is 19.3. The monoisotopic (exact) mass is 285 g/mol. The number of para-hydroxylation sites is 1. The molecule has 1 aliphatic rings. The third-order valence-corrected chi connectivity index (χ3v) is 3.44. The number of rotatable bonds is 6. The fourth-order valence-corrected chi connectivity index (χ4v) is 2.61. The van der Waals surface area contributed by atoms with Crippen LogP contribution < -0.4 is 4.74 Å². The number of carbonyl (C=O) groups is 1. The van der Waals surface area contributed by atoms with Crippen LogP contribution in [-0.2, 0) is 4.79 Å². The lowest BCUT2D eigenvalue weighted by Crippen LogP contribution is -2.28. The third kappa shape index (κ3) is 3.66. The van der Waals surface area contributed by atoms with Gasteiger partial charge < -0.3 is 9.84 Å². The molecule has 0 aliphatic carbocycles. The van der Waals surface area contributed by atoms with Gasteiger partial charge in [-0.15, -0.1) is 0 Å². The molecule has 6 heteroatoms. The number of halogens is 2. The van der Waals surface area contributed by atoms with Gasteiger partial charge in [0.15, 0.2) is 0 Å². The molecule has 1 fully saturated rings. The number of likely N-dealkylation sites (tertiary alicyclic amines) is 1. The standard InChI is InChI=1S/C14H17F2NO3/c15-14(16)20-12-6-2-1-5-10(12)11(9-13(18)19)17-7-3-4-8-17/h1-2,5-6,11,14H,3-4,7-9H2,(H,18,19). The van der Waals surface area contributed by atoms with Crippen LogP contribution in [0.4, 0.5) is 8.78 Å². The number of aliphatic carboxylic acids is 1. The van der Waals surface area contributed by atoms with E-state index in [0.29, 0.717) is 5.56 Å². The fourth-order valence-electron chi connectivity index (χ4n) is 2.61. The second-order valence-electron chi connectivity index (χ2n) is 4.77. The SMILES string of the molecule is O=C(O)CC(c1ccccc1OC(F)F)N1CCCC1. The molecule has 0 saturated carbocycles. The smallest absolute Gasteiger partial charge is 0.387 e. The maximum absolute atomic E-state index is 12.5. The van der Waals surface area contributed by atoms with Gasteiger partial charge in [0.25, 0.3) is 0 Å². The second kappa shape index (κ2) is 6.65. The van der Waals surface area contributed by atoms with Crippen LogP contribution in [0.15, 0.2) is 24.3 Å². The predicted molar refractivity (Wildman–Crippen MR) is 68.9 cm³/mol. The molecule has 1 aromatic carbocycles. The van der Waals surface area contributed by atoms with Crippen LogP contribution in [0.1, 0.15) is 30.9 Å². The van der Waals surface area contributed by atoms with E-state index in [1.807, 2.05) is 4.90 Å². The minimum atomic E-state index is -2.92. The molecule has 0 amide bonds. The molecule has 4 nitrogen and oxygen atoms in total. The Bertz CT molecular complexity index is 461. The van der Waals surface area contributed by atoms with E-state index >= 15 is 0 Å². The van der Waals surface area contributed by atoms with Crippen LogP contribution >= 0.6 is 0 Å². The van der Waals surface area contributed by atoms with Gasteiger partial charge in [0.1, 0.15) is 5.75 Å². The third-order valence-electron chi connectivity index (χ3n) is 3.44. The minimum Gasteiger partial charge on any atom is -0.481 e. The first-order valence-corrected chi connectivity index (χ1v) is 6.57. The van der Waals surface area contributed by atoms with E-state index in [1.165, 1.54) is 6.07 Å². The molecule has 1 saturated heterocycles. The molecular weight excluding hydrogens is 268 g/mol. The highest BCUT2D eigenvalue weighted by Gasteiger charge is 2.28. The summed E-state index contributed by atoms with van der Waals surface area (Å²) in [5.74, 6) is -0.894. The van der Waals surface area contributed by atoms with Crippen molar-refractivity contribution < 1.29 is 23.4 Å². The van der Waals surface area contributed by atoms with Crippen molar-refractivity contribution in [1.82, 2.24) is 4.90 Å². The molecule has 0 bridgehead atoms. The number of hydrogen-bond acceptors (Lipinski definition) is 3. The lowest BCUT2D eigenvalue weighted by atomic mass is 10.0. The Morgan fingerprint density at radius 2 is 1.95 bits per heavy atom.